The molecule has 0 unspecified atom stereocenters. The van der Waals surface area contributed by atoms with Crippen LogP contribution in [-0.4, -0.2) is 11.2 Å². The molecule has 0 saturated heterocycles. The molecule has 0 fully saturated rings. The Morgan fingerprint density at radius 2 is 2.06 bits per heavy atom. The number of hydrogen-bond acceptors (Lipinski definition) is 1. The molecule has 0 atom stereocenters. The van der Waals surface area contributed by atoms with Gasteiger partial charge in [-0.2, -0.15) is 0 Å². The van der Waals surface area contributed by atoms with E-state index in [1.807, 2.05) is 39.0 Å². The minimum absolute atomic E-state index is 0.0511. The maximum Gasteiger partial charge on any atom is 0.229 e. The quantitative estimate of drug-likeness (QED) is 0.836. The van der Waals surface area contributed by atoms with E-state index in [9.17, 15) is 4.79 Å². The zero-order valence-electron chi connectivity index (χ0n) is 10.7. The molecule has 0 heterocycles. The van der Waals surface area contributed by atoms with Crippen LogP contribution in [-0.2, 0) is 11.2 Å². The van der Waals surface area contributed by atoms with Crippen LogP contribution in [0, 0.1) is 5.41 Å². The van der Waals surface area contributed by atoms with Crippen LogP contribution in [0.3, 0.4) is 0 Å². The predicted molar refractivity (Wildman–Crippen MR) is 76.6 cm³/mol. The molecule has 0 aliphatic heterocycles. The maximum atomic E-state index is 11.8. The second-order valence-electron chi connectivity index (χ2n) is 5.20. The molecule has 0 aliphatic rings. The third kappa shape index (κ3) is 4.90. The molecule has 0 radical (unpaired) electrons. The summed E-state index contributed by atoms with van der Waals surface area (Å²) in [5, 5.41) is 3.95. The molecule has 1 aromatic carbocycles. The fourth-order valence-electron chi connectivity index (χ4n) is 1.39. The van der Waals surface area contributed by atoms with Crippen LogP contribution in [0.15, 0.2) is 24.3 Å². The first kappa shape index (κ1) is 14.2. The summed E-state index contributed by atoms with van der Waals surface area (Å²) in [5.74, 6) is 0.0511. The zero-order valence-corrected chi connectivity index (χ0v) is 12.3. The first-order valence-corrected chi connectivity index (χ1v) is 7.02. The van der Waals surface area contributed by atoms with Crippen molar-refractivity contribution in [1.29, 1.82) is 0 Å². The van der Waals surface area contributed by atoms with Crippen molar-refractivity contribution in [1.82, 2.24) is 0 Å². The van der Waals surface area contributed by atoms with Gasteiger partial charge in [-0.25, -0.2) is 0 Å². The van der Waals surface area contributed by atoms with Crippen molar-refractivity contribution in [2.24, 2.45) is 5.41 Å². The summed E-state index contributed by atoms with van der Waals surface area (Å²) in [7, 11) is 0. The number of anilines is 1. The molecule has 0 bridgehead atoms. The summed E-state index contributed by atoms with van der Waals surface area (Å²) >= 11 is 3.42. The monoisotopic (exact) mass is 297 g/mol. The number of nitrogens with one attached hydrogen (secondary N) is 1. The van der Waals surface area contributed by atoms with E-state index in [4.69, 9.17) is 0 Å². The van der Waals surface area contributed by atoms with Gasteiger partial charge < -0.3 is 5.32 Å². The molecule has 17 heavy (non-hydrogen) atoms. The summed E-state index contributed by atoms with van der Waals surface area (Å²) in [4.78, 5) is 11.8. The Morgan fingerprint density at radius 3 is 2.65 bits per heavy atom. The van der Waals surface area contributed by atoms with Gasteiger partial charge >= 0.3 is 0 Å². The van der Waals surface area contributed by atoms with E-state index in [2.05, 4.69) is 27.3 Å². The van der Waals surface area contributed by atoms with Crippen LogP contribution < -0.4 is 5.32 Å². The van der Waals surface area contributed by atoms with Gasteiger partial charge in [0.2, 0.25) is 5.91 Å². The van der Waals surface area contributed by atoms with E-state index in [0.29, 0.717) is 0 Å². The molecule has 0 aliphatic carbocycles. The van der Waals surface area contributed by atoms with Crippen molar-refractivity contribution in [3.8, 4) is 0 Å². The maximum absolute atomic E-state index is 11.8. The first-order valence-electron chi connectivity index (χ1n) is 5.90. The Balaban J connectivity index is 2.69. The molecule has 1 rings (SSSR count). The molecule has 94 valence electrons. The number of aryl methyl sites for hydroxylation is 1. The summed E-state index contributed by atoms with van der Waals surface area (Å²) in [6, 6.07) is 8.06. The Bertz CT molecular complexity index is 382. The molecule has 0 spiro atoms. The van der Waals surface area contributed by atoms with E-state index in [-0.39, 0.29) is 11.3 Å². The van der Waals surface area contributed by atoms with Crippen LogP contribution in [0.1, 0.15) is 32.8 Å². The van der Waals surface area contributed by atoms with Gasteiger partial charge in [0.25, 0.3) is 0 Å². The minimum atomic E-state index is -0.355. The van der Waals surface area contributed by atoms with Crippen LogP contribution in [0.5, 0.6) is 0 Å². The van der Waals surface area contributed by atoms with Crippen molar-refractivity contribution in [2.75, 3.05) is 10.6 Å². The van der Waals surface area contributed by atoms with E-state index < -0.39 is 0 Å². The smallest absolute Gasteiger partial charge is 0.229 e. The van der Waals surface area contributed by atoms with E-state index in [1.165, 1.54) is 5.56 Å². The van der Waals surface area contributed by atoms with E-state index in [1.54, 1.807) is 0 Å². The summed E-state index contributed by atoms with van der Waals surface area (Å²) < 4.78 is 0. The molecular formula is C14H20BrNO. The van der Waals surface area contributed by atoms with Crippen molar-refractivity contribution in [3.63, 3.8) is 0 Å². The van der Waals surface area contributed by atoms with Gasteiger partial charge in [0.1, 0.15) is 0 Å². The second kappa shape index (κ2) is 6.20. The predicted octanol–water partition coefficient (Wildman–Crippen LogP) is 4.00. The van der Waals surface area contributed by atoms with Crippen LogP contribution in [0.4, 0.5) is 5.69 Å². The minimum Gasteiger partial charge on any atom is -0.326 e. The lowest BCUT2D eigenvalue weighted by molar-refractivity contribution is -0.123. The van der Waals surface area contributed by atoms with Crippen molar-refractivity contribution < 1.29 is 4.79 Å². The fourth-order valence-corrected chi connectivity index (χ4v) is 1.67. The SMILES string of the molecule is CC(C)(C)C(=O)Nc1cccc(CCCBr)c1. The number of rotatable bonds is 4. The highest BCUT2D eigenvalue weighted by Crippen LogP contribution is 2.18. The van der Waals surface area contributed by atoms with Gasteiger partial charge in [0.05, 0.1) is 0 Å². The fraction of sp³-hybridized carbons (Fsp3) is 0.500. The van der Waals surface area contributed by atoms with Crippen LogP contribution in [0.25, 0.3) is 0 Å². The molecule has 3 heteroatoms. The Kier molecular flexibility index (Phi) is 5.19. The lowest BCUT2D eigenvalue weighted by Crippen LogP contribution is -2.27. The Hall–Kier alpha value is -0.830. The molecule has 0 saturated carbocycles. The summed E-state index contributed by atoms with van der Waals surface area (Å²) in [5.41, 5.74) is 1.79. The van der Waals surface area contributed by atoms with Gasteiger partial charge in [0.15, 0.2) is 0 Å². The Morgan fingerprint density at radius 1 is 1.35 bits per heavy atom. The second-order valence-corrected chi connectivity index (χ2v) is 5.99. The zero-order chi connectivity index (χ0) is 12.9. The Labute approximate surface area is 112 Å². The van der Waals surface area contributed by atoms with Crippen molar-refractivity contribution in [3.05, 3.63) is 29.8 Å². The number of alkyl halides is 1. The lowest BCUT2D eigenvalue weighted by atomic mass is 9.95. The molecule has 1 amide bonds. The average molecular weight is 298 g/mol. The molecule has 2 nitrogen and oxygen atoms in total. The average Bonchev–Trinajstić information content (AvgIpc) is 2.25. The summed E-state index contributed by atoms with van der Waals surface area (Å²) in [6.45, 7) is 5.74. The van der Waals surface area contributed by atoms with Crippen LogP contribution >= 0.6 is 15.9 Å². The highest BCUT2D eigenvalue weighted by atomic mass is 79.9. The highest BCUT2D eigenvalue weighted by Gasteiger charge is 2.20. The van der Waals surface area contributed by atoms with E-state index in [0.717, 1.165) is 23.9 Å². The molecule has 0 aromatic heterocycles. The number of amides is 1. The number of hydrogen-bond donors (Lipinski definition) is 1. The standard InChI is InChI=1S/C14H20BrNO/c1-14(2,3)13(17)16-12-8-4-6-11(10-12)7-5-9-15/h4,6,8,10H,5,7,9H2,1-3H3,(H,16,17). The van der Waals surface area contributed by atoms with Gasteiger partial charge in [0, 0.05) is 16.4 Å². The van der Waals surface area contributed by atoms with Crippen molar-refractivity contribution in [2.45, 2.75) is 33.6 Å². The number of carbonyl (C=O) groups excluding carboxylic acids is 1. The third-order valence-electron chi connectivity index (χ3n) is 2.47. The van der Waals surface area contributed by atoms with Gasteiger partial charge in [-0.1, -0.05) is 48.8 Å². The third-order valence-corrected chi connectivity index (χ3v) is 3.03. The van der Waals surface area contributed by atoms with Crippen molar-refractivity contribution >= 4 is 27.5 Å². The number of carbonyl (C=O) groups is 1. The molecule has 1 N–H and O–H groups in total. The lowest BCUT2D eigenvalue weighted by Gasteiger charge is -2.18. The molecular weight excluding hydrogens is 278 g/mol. The normalized spacial score (nSPS) is 11.3. The summed E-state index contributed by atoms with van der Waals surface area (Å²) in [6.07, 6.45) is 2.14. The first-order chi connectivity index (χ1) is 7.93. The van der Waals surface area contributed by atoms with E-state index >= 15 is 0 Å². The molecule has 1 aromatic rings. The largest absolute Gasteiger partial charge is 0.326 e. The number of benzene rings is 1. The highest BCUT2D eigenvalue weighted by molar-refractivity contribution is 9.09. The van der Waals surface area contributed by atoms with Gasteiger partial charge in [-0.05, 0) is 30.5 Å². The van der Waals surface area contributed by atoms with Crippen LogP contribution in [0.2, 0.25) is 0 Å². The van der Waals surface area contributed by atoms with Gasteiger partial charge in [-0.3, -0.25) is 4.79 Å². The number of halogens is 1. The van der Waals surface area contributed by atoms with Gasteiger partial charge in [-0.15, -0.1) is 0 Å². The topological polar surface area (TPSA) is 29.1 Å².